The van der Waals surface area contributed by atoms with Crippen molar-refractivity contribution in [1.82, 2.24) is 19.7 Å². The molecule has 1 saturated heterocycles. The molecule has 3 heterocycles. The minimum atomic E-state index is 0.290. The van der Waals surface area contributed by atoms with E-state index in [1.807, 2.05) is 37.0 Å². The summed E-state index contributed by atoms with van der Waals surface area (Å²) in [5, 5.41) is 4.46. The summed E-state index contributed by atoms with van der Waals surface area (Å²) in [6.07, 6.45) is 8.61. The first-order valence-electron chi connectivity index (χ1n) is 9.74. The average molecular weight is 354 g/mol. The Balaban J connectivity index is 1.58. The van der Waals surface area contributed by atoms with Crippen molar-refractivity contribution in [2.24, 2.45) is 7.05 Å². The van der Waals surface area contributed by atoms with Crippen LogP contribution in [0.4, 0.5) is 0 Å². The molecule has 5 heteroatoms. The predicted molar refractivity (Wildman–Crippen MR) is 103 cm³/mol. The first-order chi connectivity index (χ1) is 12.6. The summed E-state index contributed by atoms with van der Waals surface area (Å²) in [5.41, 5.74) is 4.55. The number of hydrogen-bond donors (Lipinski definition) is 0. The molecule has 1 amide bonds. The number of aryl methyl sites for hydroxylation is 3. The zero-order chi connectivity index (χ0) is 18.5. The van der Waals surface area contributed by atoms with Gasteiger partial charge < -0.3 is 4.90 Å². The van der Waals surface area contributed by atoms with Gasteiger partial charge in [0.05, 0.1) is 5.69 Å². The SMILES string of the molecule is Cc1nn(C)c(C)c1CCC(=O)N1CCCCC1CCc1ccccn1. The van der Waals surface area contributed by atoms with Crippen LogP contribution in [0.15, 0.2) is 24.4 Å². The van der Waals surface area contributed by atoms with Crippen molar-refractivity contribution in [3.8, 4) is 0 Å². The second-order valence-electron chi connectivity index (χ2n) is 7.37. The van der Waals surface area contributed by atoms with Gasteiger partial charge in [0.1, 0.15) is 0 Å². The molecule has 2 aromatic heterocycles. The second kappa shape index (κ2) is 8.47. The van der Waals surface area contributed by atoms with Crippen molar-refractivity contribution in [3.63, 3.8) is 0 Å². The number of hydrogen-bond acceptors (Lipinski definition) is 3. The van der Waals surface area contributed by atoms with E-state index in [0.717, 1.165) is 50.0 Å². The molecule has 1 atom stereocenters. The van der Waals surface area contributed by atoms with Crippen molar-refractivity contribution in [2.45, 2.75) is 64.8 Å². The van der Waals surface area contributed by atoms with Crippen molar-refractivity contribution in [2.75, 3.05) is 6.54 Å². The third kappa shape index (κ3) is 4.32. The second-order valence-corrected chi connectivity index (χ2v) is 7.37. The molecule has 140 valence electrons. The Morgan fingerprint density at radius 2 is 2.08 bits per heavy atom. The Kier molecular flexibility index (Phi) is 6.07. The molecule has 0 aliphatic carbocycles. The Bertz CT molecular complexity index is 738. The lowest BCUT2D eigenvalue weighted by molar-refractivity contribution is -0.135. The molecule has 0 bridgehead atoms. The van der Waals surface area contributed by atoms with Crippen molar-refractivity contribution >= 4 is 5.91 Å². The summed E-state index contributed by atoms with van der Waals surface area (Å²) in [6, 6.07) is 6.41. The van der Waals surface area contributed by atoms with Crippen LogP contribution in [-0.4, -0.2) is 38.2 Å². The highest BCUT2D eigenvalue weighted by Gasteiger charge is 2.26. The maximum atomic E-state index is 12.9. The molecule has 0 saturated carbocycles. The lowest BCUT2D eigenvalue weighted by atomic mass is 9.96. The van der Waals surface area contributed by atoms with E-state index in [9.17, 15) is 4.79 Å². The van der Waals surface area contributed by atoms with Crippen LogP contribution >= 0.6 is 0 Å². The van der Waals surface area contributed by atoms with E-state index in [1.165, 1.54) is 17.7 Å². The minimum Gasteiger partial charge on any atom is -0.340 e. The van der Waals surface area contributed by atoms with Crippen LogP contribution in [-0.2, 0) is 24.7 Å². The largest absolute Gasteiger partial charge is 0.340 e. The quantitative estimate of drug-likeness (QED) is 0.799. The number of carbonyl (C=O) groups is 1. The number of pyridine rings is 1. The fourth-order valence-electron chi connectivity index (χ4n) is 4.04. The zero-order valence-electron chi connectivity index (χ0n) is 16.2. The number of amides is 1. The highest BCUT2D eigenvalue weighted by atomic mass is 16.2. The van der Waals surface area contributed by atoms with E-state index in [1.54, 1.807) is 0 Å². The molecule has 1 aliphatic rings. The number of carbonyl (C=O) groups excluding carboxylic acids is 1. The third-order valence-corrected chi connectivity index (χ3v) is 5.66. The van der Waals surface area contributed by atoms with E-state index < -0.39 is 0 Å². The molecule has 2 aromatic rings. The first kappa shape index (κ1) is 18.6. The molecular weight excluding hydrogens is 324 g/mol. The zero-order valence-corrected chi connectivity index (χ0v) is 16.2. The molecule has 1 unspecified atom stereocenters. The Morgan fingerprint density at radius 3 is 2.77 bits per heavy atom. The molecule has 0 radical (unpaired) electrons. The van der Waals surface area contributed by atoms with Crippen molar-refractivity contribution in [3.05, 3.63) is 47.0 Å². The van der Waals surface area contributed by atoms with Crippen LogP contribution in [0.1, 0.15) is 54.7 Å². The van der Waals surface area contributed by atoms with Gasteiger partial charge in [-0.3, -0.25) is 14.5 Å². The summed E-state index contributed by atoms with van der Waals surface area (Å²) >= 11 is 0. The minimum absolute atomic E-state index is 0.290. The van der Waals surface area contributed by atoms with Gasteiger partial charge in [0.25, 0.3) is 0 Å². The number of rotatable bonds is 6. The van der Waals surface area contributed by atoms with Crippen LogP contribution in [0, 0.1) is 13.8 Å². The van der Waals surface area contributed by atoms with Crippen molar-refractivity contribution < 1.29 is 4.79 Å². The molecule has 26 heavy (non-hydrogen) atoms. The lowest BCUT2D eigenvalue weighted by Gasteiger charge is -2.36. The van der Waals surface area contributed by atoms with Gasteiger partial charge in [0, 0.05) is 43.6 Å². The van der Waals surface area contributed by atoms with Gasteiger partial charge in [-0.2, -0.15) is 5.10 Å². The molecule has 1 fully saturated rings. The fraction of sp³-hybridized carbons (Fsp3) is 0.571. The lowest BCUT2D eigenvalue weighted by Crippen LogP contribution is -2.44. The van der Waals surface area contributed by atoms with Gasteiger partial charge in [0.2, 0.25) is 5.91 Å². The topological polar surface area (TPSA) is 51.0 Å². The van der Waals surface area contributed by atoms with Gasteiger partial charge in [-0.05, 0) is 70.1 Å². The van der Waals surface area contributed by atoms with Crippen LogP contribution in [0.25, 0.3) is 0 Å². The molecule has 5 nitrogen and oxygen atoms in total. The summed E-state index contributed by atoms with van der Waals surface area (Å²) in [4.78, 5) is 19.5. The van der Waals surface area contributed by atoms with Gasteiger partial charge >= 0.3 is 0 Å². The summed E-state index contributed by atoms with van der Waals surface area (Å²) in [5.74, 6) is 0.290. The first-order valence-corrected chi connectivity index (χ1v) is 9.74. The van der Waals surface area contributed by atoms with Gasteiger partial charge in [0.15, 0.2) is 0 Å². The highest BCUT2D eigenvalue weighted by molar-refractivity contribution is 5.77. The number of likely N-dealkylation sites (tertiary alicyclic amines) is 1. The molecule has 3 rings (SSSR count). The standard InChI is InChI=1S/C21H30N4O/c1-16-20(17(2)24(3)23-16)12-13-21(26)25-15-7-5-9-19(25)11-10-18-8-4-6-14-22-18/h4,6,8,14,19H,5,7,9-13,15H2,1-3H3. The molecule has 0 N–H and O–H groups in total. The molecule has 0 aromatic carbocycles. The Morgan fingerprint density at radius 1 is 1.23 bits per heavy atom. The monoisotopic (exact) mass is 354 g/mol. The van der Waals surface area contributed by atoms with E-state index in [-0.39, 0.29) is 0 Å². The smallest absolute Gasteiger partial charge is 0.223 e. The van der Waals surface area contributed by atoms with E-state index in [4.69, 9.17) is 0 Å². The average Bonchev–Trinajstić information content (AvgIpc) is 2.91. The summed E-state index contributed by atoms with van der Waals surface area (Å²) in [6.45, 7) is 5.01. The normalized spacial score (nSPS) is 17.5. The van der Waals surface area contributed by atoms with Crippen LogP contribution < -0.4 is 0 Å². The summed E-state index contributed by atoms with van der Waals surface area (Å²) in [7, 11) is 1.96. The Hall–Kier alpha value is -2.17. The van der Waals surface area contributed by atoms with E-state index in [0.29, 0.717) is 18.4 Å². The van der Waals surface area contributed by atoms with E-state index in [2.05, 4.69) is 28.0 Å². The van der Waals surface area contributed by atoms with Crippen molar-refractivity contribution in [1.29, 1.82) is 0 Å². The van der Waals surface area contributed by atoms with E-state index >= 15 is 0 Å². The van der Waals surface area contributed by atoms with Crippen LogP contribution in [0.3, 0.4) is 0 Å². The maximum Gasteiger partial charge on any atom is 0.223 e. The highest BCUT2D eigenvalue weighted by Crippen LogP contribution is 2.23. The van der Waals surface area contributed by atoms with Gasteiger partial charge in [-0.25, -0.2) is 0 Å². The summed E-state index contributed by atoms with van der Waals surface area (Å²) < 4.78 is 1.91. The fourth-order valence-corrected chi connectivity index (χ4v) is 4.04. The molecule has 1 aliphatic heterocycles. The molecular formula is C21H30N4O. The van der Waals surface area contributed by atoms with Gasteiger partial charge in [-0.15, -0.1) is 0 Å². The Labute approximate surface area is 156 Å². The number of nitrogens with zero attached hydrogens (tertiary/aromatic N) is 4. The van der Waals surface area contributed by atoms with Crippen LogP contribution in [0.5, 0.6) is 0 Å². The third-order valence-electron chi connectivity index (χ3n) is 5.66. The van der Waals surface area contributed by atoms with Gasteiger partial charge in [-0.1, -0.05) is 6.07 Å². The number of piperidine rings is 1. The van der Waals surface area contributed by atoms with Crippen LogP contribution in [0.2, 0.25) is 0 Å². The maximum absolute atomic E-state index is 12.9. The number of aromatic nitrogens is 3. The predicted octanol–water partition coefficient (Wildman–Crippen LogP) is 3.38. The molecule has 0 spiro atoms.